The van der Waals surface area contributed by atoms with E-state index in [-0.39, 0.29) is 31.1 Å². The van der Waals surface area contributed by atoms with Gasteiger partial charge < -0.3 is 9.47 Å². The van der Waals surface area contributed by atoms with Crippen molar-refractivity contribution in [2.45, 2.75) is 40.5 Å². The lowest BCUT2D eigenvalue weighted by Crippen LogP contribution is -2.43. The first kappa shape index (κ1) is 18.1. The van der Waals surface area contributed by atoms with E-state index in [0.717, 1.165) is 0 Å². The molecular formula is C17H23FO4. The highest BCUT2D eigenvalue weighted by Gasteiger charge is 2.46. The van der Waals surface area contributed by atoms with Gasteiger partial charge in [-0.25, -0.2) is 4.39 Å². The molecule has 0 aliphatic rings. The molecule has 0 saturated heterocycles. The Balaban J connectivity index is 2.95. The molecule has 0 saturated carbocycles. The minimum atomic E-state index is -1.41. The van der Waals surface area contributed by atoms with Crippen molar-refractivity contribution in [2.75, 3.05) is 6.61 Å². The van der Waals surface area contributed by atoms with E-state index in [9.17, 15) is 14.0 Å². The molecule has 0 aliphatic heterocycles. The molecule has 122 valence electrons. The van der Waals surface area contributed by atoms with Gasteiger partial charge in [0, 0.05) is 0 Å². The van der Waals surface area contributed by atoms with Crippen molar-refractivity contribution in [3.8, 4) is 5.75 Å². The number of hydrogen-bond acceptors (Lipinski definition) is 4. The first-order chi connectivity index (χ1) is 10.4. The fourth-order valence-corrected chi connectivity index (χ4v) is 2.02. The molecule has 0 heterocycles. The second-order valence-electron chi connectivity index (χ2n) is 5.60. The lowest BCUT2D eigenvalue weighted by Gasteiger charge is -2.27. The van der Waals surface area contributed by atoms with Crippen LogP contribution in [0.3, 0.4) is 0 Å². The molecule has 0 N–H and O–H groups in total. The normalized spacial score (nSPS) is 11.4. The van der Waals surface area contributed by atoms with Gasteiger partial charge in [0.1, 0.15) is 0 Å². The van der Waals surface area contributed by atoms with Crippen LogP contribution in [0.2, 0.25) is 0 Å². The Morgan fingerprint density at radius 3 is 2.23 bits per heavy atom. The smallest absolute Gasteiger partial charge is 0.328 e. The maximum atomic E-state index is 13.6. The molecule has 4 nitrogen and oxygen atoms in total. The molecule has 5 heteroatoms. The van der Waals surface area contributed by atoms with Crippen molar-refractivity contribution >= 4 is 11.9 Å². The van der Waals surface area contributed by atoms with Crippen LogP contribution in [0.25, 0.3) is 0 Å². The summed E-state index contributed by atoms with van der Waals surface area (Å²) in [5.74, 6) is -2.07. The Morgan fingerprint density at radius 1 is 1.14 bits per heavy atom. The van der Waals surface area contributed by atoms with E-state index in [0.29, 0.717) is 0 Å². The summed E-state index contributed by atoms with van der Waals surface area (Å²) in [4.78, 5) is 24.8. The molecule has 0 unspecified atom stereocenters. The topological polar surface area (TPSA) is 52.6 Å². The van der Waals surface area contributed by atoms with E-state index in [1.807, 2.05) is 13.8 Å². The third-order valence-corrected chi connectivity index (χ3v) is 3.58. The number of carbonyl (C=O) groups excluding carboxylic acids is 2. The Hall–Kier alpha value is -1.91. The van der Waals surface area contributed by atoms with Crippen LogP contribution in [-0.4, -0.2) is 18.5 Å². The van der Waals surface area contributed by atoms with Crippen molar-refractivity contribution < 1.29 is 23.5 Å². The summed E-state index contributed by atoms with van der Waals surface area (Å²) >= 11 is 0. The van der Waals surface area contributed by atoms with E-state index < -0.39 is 23.2 Å². The van der Waals surface area contributed by atoms with Gasteiger partial charge in [0.25, 0.3) is 0 Å². The van der Waals surface area contributed by atoms with E-state index in [2.05, 4.69) is 0 Å². The lowest BCUT2D eigenvalue weighted by atomic mass is 9.82. The van der Waals surface area contributed by atoms with Gasteiger partial charge in [0.05, 0.1) is 6.61 Å². The Morgan fingerprint density at radius 2 is 1.73 bits per heavy atom. The van der Waals surface area contributed by atoms with E-state index in [4.69, 9.17) is 9.47 Å². The zero-order chi connectivity index (χ0) is 16.8. The monoisotopic (exact) mass is 310 g/mol. The molecule has 1 rings (SSSR count). The molecule has 0 aliphatic carbocycles. The molecule has 0 fully saturated rings. The summed E-state index contributed by atoms with van der Waals surface area (Å²) in [5.41, 5.74) is -1.41. The van der Waals surface area contributed by atoms with Crippen molar-refractivity contribution in [1.29, 1.82) is 0 Å². The molecule has 0 bridgehead atoms. The molecule has 0 spiro atoms. The first-order valence-corrected chi connectivity index (χ1v) is 7.51. The van der Waals surface area contributed by atoms with Gasteiger partial charge in [-0.1, -0.05) is 39.8 Å². The third kappa shape index (κ3) is 4.06. The summed E-state index contributed by atoms with van der Waals surface area (Å²) in [6, 6.07) is 5.60. The average molecular weight is 310 g/mol. The second kappa shape index (κ2) is 7.92. The van der Waals surface area contributed by atoms with Crippen molar-refractivity contribution in [3.05, 3.63) is 30.1 Å². The minimum absolute atomic E-state index is 0.165. The van der Waals surface area contributed by atoms with Crippen LogP contribution in [0.4, 0.5) is 4.39 Å². The fourth-order valence-electron chi connectivity index (χ4n) is 2.02. The molecule has 0 aromatic heterocycles. The van der Waals surface area contributed by atoms with Gasteiger partial charge in [0.15, 0.2) is 17.0 Å². The van der Waals surface area contributed by atoms with E-state index in [1.54, 1.807) is 19.9 Å². The Kier molecular flexibility index (Phi) is 6.53. The quantitative estimate of drug-likeness (QED) is 0.437. The van der Waals surface area contributed by atoms with Gasteiger partial charge in [-0.05, 0) is 30.9 Å². The van der Waals surface area contributed by atoms with Gasteiger partial charge in [-0.2, -0.15) is 0 Å². The first-order valence-electron chi connectivity index (χ1n) is 7.51. The molecule has 0 amide bonds. The molecular weight excluding hydrogens is 287 g/mol. The Labute approximate surface area is 130 Å². The molecule has 0 radical (unpaired) electrons. The maximum Gasteiger partial charge on any atom is 0.328 e. The van der Waals surface area contributed by atoms with Crippen molar-refractivity contribution in [3.63, 3.8) is 0 Å². The minimum Gasteiger partial charge on any atom is -0.465 e. The predicted molar refractivity (Wildman–Crippen MR) is 80.8 cm³/mol. The summed E-state index contributed by atoms with van der Waals surface area (Å²) in [5, 5.41) is 0. The summed E-state index contributed by atoms with van der Waals surface area (Å²) in [6.45, 7) is 7.47. The summed E-state index contributed by atoms with van der Waals surface area (Å²) < 4.78 is 23.9. The number of benzene rings is 1. The number of rotatable bonds is 7. The van der Waals surface area contributed by atoms with Gasteiger partial charge >= 0.3 is 11.9 Å². The van der Waals surface area contributed by atoms with Crippen LogP contribution in [0, 0.1) is 17.2 Å². The fraction of sp³-hybridized carbons (Fsp3) is 0.529. The van der Waals surface area contributed by atoms with Gasteiger partial charge in [-0.15, -0.1) is 0 Å². The average Bonchev–Trinajstić information content (AvgIpc) is 2.49. The number of para-hydroxylation sites is 1. The zero-order valence-electron chi connectivity index (χ0n) is 13.5. The highest BCUT2D eigenvalue weighted by molar-refractivity contribution is 6.00. The standard InChI is InChI=1S/C17H23FO4/c1-5-17(6-2,15(19)21-11-12(3)4)16(20)22-14-10-8-7-9-13(14)18/h7-10,12H,5-6,11H2,1-4H3. The lowest BCUT2D eigenvalue weighted by molar-refractivity contribution is -0.169. The number of hydrogen-bond donors (Lipinski definition) is 0. The Bertz CT molecular complexity index is 521. The van der Waals surface area contributed by atoms with E-state index >= 15 is 0 Å². The number of halogens is 1. The number of carbonyl (C=O) groups is 2. The van der Waals surface area contributed by atoms with Crippen LogP contribution >= 0.6 is 0 Å². The molecule has 22 heavy (non-hydrogen) atoms. The summed E-state index contributed by atoms with van der Waals surface area (Å²) in [7, 11) is 0. The van der Waals surface area contributed by atoms with Crippen LogP contribution in [0.1, 0.15) is 40.5 Å². The summed E-state index contributed by atoms with van der Waals surface area (Å²) in [6.07, 6.45) is 0.460. The number of esters is 2. The molecule has 0 atom stereocenters. The number of ether oxygens (including phenoxy) is 2. The predicted octanol–water partition coefficient (Wildman–Crippen LogP) is 3.74. The highest BCUT2D eigenvalue weighted by atomic mass is 19.1. The van der Waals surface area contributed by atoms with Crippen LogP contribution < -0.4 is 4.74 Å². The molecule has 1 aromatic rings. The third-order valence-electron chi connectivity index (χ3n) is 3.58. The van der Waals surface area contributed by atoms with Gasteiger partial charge in [0.2, 0.25) is 0 Å². The van der Waals surface area contributed by atoms with E-state index in [1.165, 1.54) is 18.2 Å². The zero-order valence-corrected chi connectivity index (χ0v) is 13.5. The highest BCUT2D eigenvalue weighted by Crippen LogP contribution is 2.31. The van der Waals surface area contributed by atoms with Crippen LogP contribution in [-0.2, 0) is 14.3 Å². The van der Waals surface area contributed by atoms with Crippen LogP contribution in [0.5, 0.6) is 5.75 Å². The molecule has 1 aromatic carbocycles. The van der Waals surface area contributed by atoms with Gasteiger partial charge in [-0.3, -0.25) is 9.59 Å². The van der Waals surface area contributed by atoms with Crippen molar-refractivity contribution in [1.82, 2.24) is 0 Å². The van der Waals surface area contributed by atoms with Crippen molar-refractivity contribution in [2.24, 2.45) is 11.3 Å². The maximum absolute atomic E-state index is 13.6. The SMILES string of the molecule is CCC(CC)(C(=O)OCC(C)C)C(=O)Oc1ccccc1F. The largest absolute Gasteiger partial charge is 0.465 e. The van der Waals surface area contributed by atoms with Crippen LogP contribution in [0.15, 0.2) is 24.3 Å². The second-order valence-corrected chi connectivity index (χ2v) is 5.60.